The number of nitrogens with zero attached hydrogens (tertiary/aromatic N) is 1. The average molecular weight is 279 g/mol. The van der Waals surface area contributed by atoms with Crippen molar-refractivity contribution in [2.24, 2.45) is 0 Å². The monoisotopic (exact) mass is 279 g/mol. The molecule has 0 bridgehead atoms. The van der Waals surface area contributed by atoms with Crippen molar-refractivity contribution in [3.8, 4) is 0 Å². The van der Waals surface area contributed by atoms with E-state index in [-0.39, 0.29) is 12.1 Å². The van der Waals surface area contributed by atoms with Gasteiger partial charge in [-0.1, -0.05) is 6.92 Å². The molecule has 18 heavy (non-hydrogen) atoms. The Labute approximate surface area is 108 Å². The first kappa shape index (κ1) is 15.2. The van der Waals surface area contributed by atoms with Gasteiger partial charge in [0, 0.05) is 19.6 Å². The van der Waals surface area contributed by atoms with Crippen LogP contribution in [0.15, 0.2) is 0 Å². The van der Waals surface area contributed by atoms with Gasteiger partial charge >= 0.3 is 16.3 Å². The number of rotatable bonds is 6. The SMILES string of the molecule is CCCN(C1CNC1)S(=O)(=O)NC(=O)OC(C)C. The molecule has 0 aromatic carbocycles. The van der Waals surface area contributed by atoms with E-state index < -0.39 is 16.3 Å². The van der Waals surface area contributed by atoms with E-state index in [4.69, 9.17) is 4.74 Å². The van der Waals surface area contributed by atoms with Crippen molar-refractivity contribution in [1.82, 2.24) is 14.3 Å². The highest BCUT2D eigenvalue weighted by atomic mass is 32.2. The summed E-state index contributed by atoms with van der Waals surface area (Å²) in [5.74, 6) is 0. The largest absolute Gasteiger partial charge is 0.446 e. The molecule has 8 heteroatoms. The summed E-state index contributed by atoms with van der Waals surface area (Å²) < 4.78 is 32.1. The fourth-order valence-corrected chi connectivity index (χ4v) is 2.94. The molecule has 7 nitrogen and oxygen atoms in total. The van der Waals surface area contributed by atoms with Gasteiger partial charge in [-0.25, -0.2) is 9.52 Å². The Morgan fingerprint density at radius 2 is 2.11 bits per heavy atom. The van der Waals surface area contributed by atoms with Crippen LogP contribution in [-0.4, -0.2) is 50.6 Å². The Morgan fingerprint density at radius 1 is 1.50 bits per heavy atom. The molecule has 0 atom stereocenters. The van der Waals surface area contributed by atoms with Crippen LogP contribution < -0.4 is 10.0 Å². The van der Waals surface area contributed by atoms with E-state index in [9.17, 15) is 13.2 Å². The number of hydrogen-bond donors (Lipinski definition) is 2. The minimum atomic E-state index is -3.82. The molecule has 1 aliphatic rings. The zero-order chi connectivity index (χ0) is 13.8. The molecule has 1 saturated heterocycles. The number of amides is 1. The van der Waals surface area contributed by atoms with Crippen molar-refractivity contribution >= 4 is 16.3 Å². The topological polar surface area (TPSA) is 87.7 Å². The van der Waals surface area contributed by atoms with Crippen molar-refractivity contribution < 1.29 is 17.9 Å². The molecule has 0 aromatic heterocycles. The second-order valence-corrected chi connectivity index (χ2v) is 6.11. The molecule has 0 radical (unpaired) electrons. The molecule has 0 unspecified atom stereocenters. The number of ether oxygens (including phenoxy) is 1. The van der Waals surface area contributed by atoms with E-state index in [0.29, 0.717) is 26.1 Å². The first-order valence-corrected chi connectivity index (χ1v) is 7.51. The first-order valence-electron chi connectivity index (χ1n) is 6.07. The lowest BCUT2D eigenvalue weighted by Gasteiger charge is -2.36. The van der Waals surface area contributed by atoms with Crippen molar-refractivity contribution in [2.45, 2.75) is 39.3 Å². The van der Waals surface area contributed by atoms with Crippen molar-refractivity contribution in [3.05, 3.63) is 0 Å². The molecule has 1 heterocycles. The fourth-order valence-electron chi connectivity index (χ4n) is 1.60. The highest BCUT2D eigenvalue weighted by molar-refractivity contribution is 7.87. The number of hydrogen-bond acceptors (Lipinski definition) is 5. The highest BCUT2D eigenvalue weighted by Crippen LogP contribution is 2.11. The highest BCUT2D eigenvalue weighted by Gasteiger charge is 2.34. The van der Waals surface area contributed by atoms with Crippen LogP contribution in [0.1, 0.15) is 27.2 Å². The molecule has 0 aromatic rings. The maximum Gasteiger partial charge on any atom is 0.422 e. The van der Waals surface area contributed by atoms with Gasteiger partial charge in [-0.2, -0.15) is 12.7 Å². The minimum Gasteiger partial charge on any atom is -0.446 e. The summed E-state index contributed by atoms with van der Waals surface area (Å²) in [6.07, 6.45) is -0.597. The summed E-state index contributed by atoms with van der Waals surface area (Å²) in [5.41, 5.74) is 0. The van der Waals surface area contributed by atoms with Gasteiger partial charge in [0.25, 0.3) is 0 Å². The second kappa shape index (κ2) is 6.35. The van der Waals surface area contributed by atoms with Crippen LogP contribution in [0.4, 0.5) is 4.79 Å². The molecule has 1 rings (SSSR count). The van der Waals surface area contributed by atoms with Crippen LogP contribution in [0.5, 0.6) is 0 Å². The van der Waals surface area contributed by atoms with Crippen LogP contribution in [0.3, 0.4) is 0 Å². The number of carbonyl (C=O) groups excluding carboxylic acids is 1. The van der Waals surface area contributed by atoms with E-state index in [0.717, 1.165) is 0 Å². The average Bonchev–Trinajstić information content (AvgIpc) is 2.11. The van der Waals surface area contributed by atoms with Gasteiger partial charge in [0.15, 0.2) is 0 Å². The van der Waals surface area contributed by atoms with E-state index in [2.05, 4.69) is 5.32 Å². The molecular weight excluding hydrogens is 258 g/mol. The standard InChI is InChI=1S/C10H21N3O4S/c1-4-5-13(9-6-11-7-9)18(15,16)12-10(14)17-8(2)3/h8-9,11H,4-7H2,1-3H3,(H,12,14). The van der Waals surface area contributed by atoms with E-state index in [1.807, 2.05) is 11.6 Å². The molecule has 1 amide bonds. The third-order valence-corrected chi connectivity index (χ3v) is 4.00. The summed E-state index contributed by atoms with van der Waals surface area (Å²) >= 11 is 0. The summed E-state index contributed by atoms with van der Waals surface area (Å²) in [6.45, 7) is 6.82. The predicted molar refractivity (Wildman–Crippen MR) is 67.3 cm³/mol. The lowest BCUT2D eigenvalue weighted by atomic mass is 10.2. The minimum absolute atomic E-state index is 0.0886. The number of nitrogens with one attached hydrogen (secondary N) is 2. The van der Waals surface area contributed by atoms with Crippen LogP contribution in [-0.2, 0) is 14.9 Å². The van der Waals surface area contributed by atoms with Gasteiger partial charge in [-0.15, -0.1) is 0 Å². The fraction of sp³-hybridized carbons (Fsp3) is 0.900. The lowest BCUT2D eigenvalue weighted by Crippen LogP contribution is -2.61. The third kappa shape index (κ3) is 4.11. The molecule has 0 aliphatic carbocycles. The molecule has 0 saturated carbocycles. The smallest absolute Gasteiger partial charge is 0.422 e. The molecule has 2 N–H and O–H groups in total. The van der Waals surface area contributed by atoms with Gasteiger partial charge in [-0.05, 0) is 20.3 Å². The van der Waals surface area contributed by atoms with Gasteiger partial charge in [0.2, 0.25) is 0 Å². The Balaban J connectivity index is 2.66. The molecule has 1 fully saturated rings. The predicted octanol–water partition coefficient (Wildman–Crippen LogP) is 0.0496. The normalized spacial score (nSPS) is 16.7. The molecular formula is C10H21N3O4S. The lowest BCUT2D eigenvalue weighted by molar-refractivity contribution is 0.120. The maximum absolute atomic E-state index is 12.0. The third-order valence-electron chi connectivity index (χ3n) is 2.47. The van der Waals surface area contributed by atoms with Crippen molar-refractivity contribution in [1.29, 1.82) is 0 Å². The maximum atomic E-state index is 12.0. The first-order chi connectivity index (χ1) is 8.36. The van der Waals surface area contributed by atoms with E-state index >= 15 is 0 Å². The molecule has 1 aliphatic heterocycles. The van der Waals surface area contributed by atoms with Crippen molar-refractivity contribution in [2.75, 3.05) is 19.6 Å². The van der Waals surface area contributed by atoms with E-state index in [1.165, 1.54) is 4.31 Å². The molecule has 106 valence electrons. The zero-order valence-electron chi connectivity index (χ0n) is 11.0. The van der Waals surface area contributed by atoms with Crippen LogP contribution in [0.25, 0.3) is 0 Å². The van der Waals surface area contributed by atoms with Gasteiger partial charge < -0.3 is 10.1 Å². The Morgan fingerprint density at radius 3 is 2.50 bits per heavy atom. The summed E-state index contributed by atoms with van der Waals surface area (Å²) in [6, 6.07) is -0.0886. The molecule has 0 spiro atoms. The van der Waals surface area contributed by atoms with Crippen molar-refractivity contribution in [3.63, 3.8) is 0 Å². The summed E-state index contributed by atoms with van der Waals surface area (Å²) in [7, 11) is -3.82. The quantitative estimate of drug-likeness (QED) is 0.717. The van der Waals surface area contributed by atoms with Crippen LogP contribution in [0.2, 0.25) is 0 Å². The van der Waals surface area contributed by atoms with Crippen LogP contribution >= 0.6 is 0 Å². The van der Waals surface area contributed by atoms with E-state index in [1.54, 1.807) is 13.8 Å². The zero-order valence-corrected chi connectivity index (χ0v) is 11.8. The Hall–Kier alpha value is -0.860. The Kier molecular flexibility index (Phi) is 5.36. The summed E-state index contributed by atoms with van der Waals surface area (Å²) in [4.78, 5) is 11.4. The summed E-state index contributed by atoms with van der Waals surface area (Å²) in [5, 5.41) is 3.01. The van der Waals surface area contributed by atoms with Gasteiger partial charge in [0.1, 0.15) is 0 Å². The Bertz CT molecular complexity index is 379. The second-order valence-electron chi connectivity index (χ2n) is 4.48. The van der Waals surface area contributed by atoms with Gasteiger partial charge in [-0.3, -0.25) is 0 Å². The van der Waals surface area contributed by atoms with Crippen LogP contribution in [0, 0.1) is 0 Å². The van der Waals surface area contributed by atoms with Gasteiger partial charge in [0.05, 0.1) is 12.1 Å². The number of carbonyl (C=O) groups is 1.